The van der Waals surface area contributed by atoms with Gasteiger partial charge in [-0.2, -0.15) is 0 Å². The molecule has 3 N–H and O–H groups in total. The molecule has 1 amide bonds. The molecule has 0 saturated heterocycles. The summed E-state index contributed by atoms with van der Waals surface area (Å²) >= 11 is 0. The molecule has 0 fully saturated rings. The molecule has 0 heterocycles. The van der Waals surface area contributed by atoms with Gasteiger partial charge in [-0.25, -0.2) is 9.59 Å². The second-order valence-corrected chi connectivity index (χ2v) is 10.2. The molecule has 0 aromatic heterocycles. The van der Waals surface area contributed by atoms with Gasteiger partial charge < -0.3 is 24.6 Å². The van der Waals surface area contributed by atoms with Crippen LogP contribution in [0.5, 0.6) is 0 Å². The lowest BCUT2D eigenvalue weighted by atomic mass is 9.98. The number of carboxylic acids is 1. The van der Waals surface area contributed by atoms with Crippen LogP contribution in [0.15, 0.2) is 78.9 Å². The Labute approximate surface area is 203 Å². The van der Waals surface area contributed by atoms with Crippen LogP contribution < -0.4 is 5.32 Å². The van der Waals surface area contributed by atoms with Crippen LogP contribution in [0.25, 0.3) is 11.1 Å². The molecule has 1 unspecified atom stereocenters. The Morgan fingerprint density at radius 1 is 0.914 bits per heavy atom. The number of alkyl carbamates (subject to hydrolysis) is 1. The lowest BCUT2D eigenvalue weighted by Gasteiger charge is -2.18. The number of carbonyl (C=O) groups is 2. The van der Waals surface area contributed by atoms with Gasteiger partial charge in [0.15, 0.2) is 0 Å². The van der Waals surface area contributed by atoms with Crippen molar-refractivity contribution in [3.8, 4) is 11.1 Å². The van der Waals surface area contributed by atoms with Crippen molar-refractivity contribution in [1.29, 1.82) is 0 Å². The number of carbonyl (C=O) groups excluding carboxylic acids is 1. The summed E-state index contributed by atoms with van der Waals surface area (Å²) in [6.45, 7) is -0.0446. The minimum atomic E-state index is -4.06. The molecule has 1 aliphatic carbocycles. The lowest BCUT2D eigenvalue weighted by Crippen LogP contribution is -2.42. The van der Waals surface area contributed by atoms with Crippen molar-refractivity contribution in [2.75, 3.05) is 12.8 Å². The van der Waals surface area contributed by atoms with Crippen molar-refractivity contribution < 1.29 is 33.4 Å². The van der Waals surface area contributed by atoms with E-state index in [-0.39, 0.29) is 25.6 Å². The first kappa shape index (κ1) is 24.7. The number of rotatable bonds is 10. The van der Waals surface area contributed by atoms with E-state index in [0.717, 1.165) is 22.3 Å². The maximum absolute atomic E-state index is 12.4. The zero-order valence-electron chi connectivity index (χ0n) is 18.9. The Balaban J connectivity index is 1.31. The van der Waals surface area contributed by atoms with Crippen LogP contribution in [0.3, 0.4) is 0 Å². The predicted molar refractivity (Wildman–Crippen MR) is 130 cm³/mol. The van der Waals surface area contributed by atoms with Gasteiger partial charge in [0.1, 0.15) is 12.6 Å². The van der Waals surface area contributed by atoms with E-state index in [1.807, 2.05) is 54.6 Å². The number of aliphatic carboxylic acids is 1. The molecule has 0 radical (unpaired) electrons. The number of benzene rings is 3. The molecule has 4 rings (SSSR count). The summed E-state index contributed by atoms with van der Waals surface area (Å²) in [7, 11) is -4.06. The Hall–Kier alpha value is -3.45. The summed E-state index contributed by atoms with van der Waals surface area (Å²) < 4.78 is 22.8. The van der Waals surface area contributed by atoms with Crippen LogP contribution in [-0.2, 0) is 25.2 Å². The third-order valence-corrected chi connectivity index (χ3v) is 7.27. The summed E-state index contributed by atoms with van der Waals surface area (Å²) in [6, 6.07) is 23.2. The SMILES string of the molecule is O=C(N[C@@H](CCP(=O)(O)OCc1ccccc1)C(=O)O)OCC1c2ccccc2-c2ccccc21. The molecular weight excluding hydrogens is 469 g/mol. The van der Waals surface area contributed by atoms with E-state index in [2.05, 4.69) is 5.32 Å². The monoisotopic (exact) mass is 495 g/mol. The highest BCUT2D eigenvalue weighted by atomic mass is 31.2. The molecule has 3 aromatic carbocycles. The highest BCUT2D eigenvalue weighted by molar-refractivity contribution is 7.52. The Bertz CT molecular complexity index is 1200. The number of hydrogen-bond acceptors (Lipinski definition) is 5. The first-order chi connectivity index (χ1) is 16.8. The van der Waals surface area contributed by atoms with E-state index in [9.17, 15) is 24.2 Å². The van der Waals surface area contributed by atoms with Crippen LogP contribution in [0.2, 0.25) is 0 Å². The summed E-state index contributed by atoms with van der Waals surface area (Å²) in [5.74, 6) is -1.50. The van der Waals surface area contributed by atoms with Crippen LogP contribution in [0, 0.1) is 0 Å². The van der Waals surface area contributed by atoms with E-state index >= 15 is 0 Å². The van der Waals surface area contributed by atoms with Gasteiger partial charge in [-0.15, -0.1) is 0 Å². The first-order valence-electron chi connectivity index (χ1n) is 11.2. The number of amides is 1. The van der Waals surface area contributed by atoms with Gasteiger partial charge in [0, 0.05) is 5.92 Å². The van der Waals surface area contributed by atoms with Crippen molar-refractivity contribution in [2.45, 2.75) is 25.0 Å². The van der Waals surface area contributed by atoms with Crippen molar-refractivity contribution in [2.24, 2.45) is 0 Å². The average Bonchev–Trinajstić information content (AvgIpc) is 3.18. The van der Waals surface area contributed by atoms with E-state index in [4.69, 9.17) is 9.26 Å². The van der Waals surface area contributed by atoms with Gasteiger partial charge in [-0.3, -0.25) is 4.57 Å². The van der Waals surface area contributed by atoms with Crippen LogP contribution in [-0.4, -0.2) is 40.9 Å². The van der Waals surface area contributed by atoms with Crippen molar-refractivity contribution in [3.05, 3.63) is 95.6 Å². The fourth-order valence-electron chi connectivity index (χ4n) is 4.15. The second kappa shape index (κ2) is 10.9. The normalized spacial score (nSPS) is 14.9. The molecule has 35 heavy (non-hydrogen) atoms. The summed E-state index contributed by atoms with van der Waals surface area (Å²) in [4.78, 5) is 34.1. The van der Waals surface area contributed by atoms with Gasteiger partial charge in [0.05, 0.1) is 12.8 Å². The van der Waals surface area contributed by atoms with Crippen molar-refractivity contribution >= 4 is 19.7 Å². The number of ether oxygens (including phenoxy) is 1. The van der Waals surface area contributed by atoms with Gasteiger partial charge in [0.2, 0.25) is 0 Å². The van der Waals surface area contributed by atoms with Gasteiger partial charge in [0.25, 0.3) is 0 Å². The molecule has 0 spiro atoms. The van der Waals surface area contributed by atoms with Crippen molar-refractivity contribution in [1.82, 2.24) is 5.32 Å². The first-order valence-corrected chi connectivity index (χ1v) is 12.9. The zero-order chi connectivity index (χ0) is 24.8. The quantitative estimate of drug-likeness (QED) is 0.346. The maximum atomic E-state index is 12.4. The van der Waals surface area contributed by atoms with E-state index in [1.54, 1.807) is 24.3 Å². The standard InChI is InChI=1S/C26H26NO7P/c28-25(29)24(14-15-35(31,32)34-16-18-8-2-1-3-9-18)27-26(30)33-17-23-21-12-6-4-10-19(21)20-11-5-7-13-22(20)23/h1-13,23-24H,14-17H2,(H,27,30)(H,28,29)(H,31,32)/t24-/m0/s1. The predicted octanol–water partition coefficient (Wildman–Crippen LogP) is 4.77. The van der Waals surface area contributed by atoms with Gasteiger partial charge >= 0.3 is 19.7 Å². The fourth-order valence-corrected chi connectivity index (χ4v) is 5.21. The summed E-state index contributed by atoms with van der Waals surface area (Å²) in [5.41, 5.74) is 4.94. The Morgan fingerprint density at radius 3 is 2.09 bits per heavy atom. The number of hydrogen-bond donors (Lipinski definition) is 3. The summed E-state index contributed by atoms with van der Waals surface area (Å²) in [6.07, 6.45) is -1.63. The maximum Gasteiger partial charge on any atom is 0.407 e. The Morgan fingerprint density at radius 2 is 1.49 bits per heavy atom. The second-order valence-electron chi connectivity index (χ2n) is 8.27. The van der Waals surface area contributed by atoms with E-state index in [1.165, 1.54) is 0 Å². The average molecular weight is 495 g/mol. The molecule has 0 aliphatic heterocycles. The molecule has 0 saturated carbocycles. The highest BCUT2D eigenvalue weighted by Gasteiger charge is 2.30. The molecular formula is C26H26NO7P. The molecule has 0 bridgehead atoms. The van der Waals surface area contributed by atoms with Gasteiger partial charge in [-0.05, 0) is 34.2 Å². The molecule has 9 heteroatoms. The van der Waals surface area contributed by atoms with E-state index < -0.39 is 31.9 Å². The molecule has 182 valence electrons. The molecule has 1 aliphatic rings. The minimum Gasteiger partial charge on any atom is -0.480 e. The Kier molecular flexibility index (Phi) is 7.66. The smallest absolute Gasteiger partial charge is 0.407 e. The topological polar surface area (TPSA) is 122 Å². The third kappa shape index (κ3) is 6.17. The van der Waals surface area contributed by atoms with Crippen molar-refractivity contribution in [3.63, 3.8) is 0 Å². The van der Waals surface area contributed by atoms with Gasteiger partial charge in [-0.1, -0.05) is 78.9 Å². The van der Waals surface area contributed by atoms with Crippen LogP contribution in [0.4, 0.5) is 4.79 Å². The molecule has 2 atom stereocenters. The lowest BCUT2D eigenvalue weighted by molar-refractivity contribution is -0.139. The largest absolute Gasteiger partial charge is 0.480 e. The third-order valence-electron chi connectivity index (χ3n) is 5.91. The molecule has 8 nitrogen and oxygen atoms in total. The zero-order valence-corrected chi connectivity index (χ0v) is 19.8. The number of fused-ring (bicyclic) bond motifs is 3. The van der Waals surface area contributed by atoms with Crippen LogP contribution in [0.1, 0.15) is 29.0 Å². The highest BCUT2D eigenvalue weighted by Crippen LogP contribution is 2.45. The fraction of sp³-hybridized carbons (Fsp3) is 0.231. The minimum absolute atomic E-state index is 0.0326. The van der Waals surface area contributed by atoms with E-state index in [0.29, 0.717) is 5.56 Å². The number of carboxylic acid groups (broad SMARTS) is 1. The van der Waals surface area contributed by atoms with Crippen LogP contribution >= 0.6 is 7.60 Å². The number of nitrogens with one attached hydrogen (secondary N) is 1. The molecule has 3 aromatic rings. The summed E-state index contributed by atoms with van der Waals surface area (Å²) in [5, 5.41) is 11.8.